The van der Waals surface area contributed by atoms with Crippen LogP contribution in [0.25, 0.3) is 16.8 Å². The van der Waals surface area contributed by atoms with Crippen molar-refractivity contribution in [2.75, 3.05) is 7.11 Å². The second-order valence-corrected chi connectivity index (χ2v) is 5.90. The Morgan fingerprint density at radius 3 is 2.88 bits per heavy atom. The number of hydrogen-bond donors (Lipinski definition) is 1. The van der Waals surface area contributed by atoms with Crippen LogP contribution in [0.5, 0.6) is 5.75 Å². The van der Waals surface area contributed by atoms with Crippen molar-refractivity contribution in [3.05, 3.63) is 54.2 Å². The minimum atomic E-state index is -0.332. The maximum absolute atomic E-state index is 13.6. The topological polar surface area (TPSA) is 55.6 Å². The van der Waals surface area contributed by atoms with Crippen molar-refractivity contribution >= 4 is 11.6 Å². The van der Waals surface area contributed by atoms with Gasteiger partial charge in [-0.1, -0.05) is 0 Å². The third-order valence-corrected chi connectivity index (χ3v) is 4.07. The molecule has 5 nitrogen and oxygen atoms in total. The molecule has 1 N–H and O–H groups in total. The van der Waals surface area contributed by atoms with E-state index in [0.717, 1.165) is 18.4 Å². The smallest absolute Gasteiger partial charge is 0.271 e. The molecule has 0 spiro atoms. The molecule has 0 atom stereocenters. The summed E-state index contributed by atoms with van der Waals surface area (Å²) in [4.78, 5) is 16.4. The van der Waals surface area contributed by atoms with Crippen LogP contribution in [-0.2, 0) is 0 Å². The molecule has 0 saturated heterocycles. The third kappa shape index (κ3) is 2.71. The number of halogens is 1. The first-order valence-corrected chi connectivity index (χ1v) is 7.77. The maximum Gasteiger partial charge on any atom is 0.271 e. The average Bonchev–Trinajstić information content (AvgIpc) is 3.29. The Kier molecular flexibility index (Phi) is 3.45. The summed E-state index contributed by atoms with van der Waals surface area (Å²) in [5, 5.41) is 2.92. The van der Waals surface area contributed by atoms with E-state index >= 15 is 0 Å². The van der Waals surface area contributed by atoms with E-state index in [1.54, 1.807) is 29.8 Å². The Balaban J connectivity index is 1.73. The largest absolute Gasteiger partial charge is 0.496 e. The number of carbonyl (C=O) groups excluding carboxylic acids is 1. The Hall–Kier alpha value is -2.89. The zero-order chi connectivity index (χ0) is 16.7. The lowest BCUT2D eigenvalue weighted by Gasteiger charge is -2.09. The number of fused-ring (bicyclic) bond motifs is 1. The van der Waals surface area contributed by atoms with Crippen molar-refractivity contribution in [3.8, 4) is 16.9 Å². The Morgan fingerprint density at radius 2 is 2.12 bits per heavy atom. The summed E-state index contributed by atoms with van der Waals surface area (Å²) in [6.07, 6.45) is 5.56. The molecule has 0 radical (unpaired) electrons. The van der Waals surface area contributed by atoms with Gasteiger partial charge in [0.1, 0.15) is 22.9 Å². The van der Waals surface area contributed by atoms with Crippen LogP contribution in [0.15, 0.2) is 42.7 Å². The van der Waals surface area contributed by atoms with Crippen LogP contribution in [0, 0.1) is 5.82 Å². The van der Waals surface area contributed by atoms with E-state index in [4.69, 9.17) is 4.74 Å². The van der Waals surface area contributed by atoms with Gasteiger partial charge in [0.25, 0.3) is 5.91 Å². The van der Waals surface area contributed by atoms with E-state index in [1.165, 1.54) is 12.1 Å². The number of imidazole rings is 1. The standard InChI is InChI=1S/C18H16FN3O2/c1-24-16-6-3-12(19)8-14(16)11-2-7-17-21-15(10-22(17)9-11)18(23)20-13-4-5-13/h2-3,6-10,13H,4-5H2,1H3,(H,20,23). The number of methoxy groups -OCH3 is 1. The molecule has 1 aromatic carbocycles. The van der Waals surface area contributed by atoms with E-state index < -0.39 is 0 Å². The molecule has 1 aliphatic carbocycles. The summed E-state index contributed by atoms with van der Waals surface area (Å²) in [6.45, 7) is 0. The molecule has 1 aliphatic rings. The number of benzene rings is 1. The molecule has 1 fully saturated rings. The molecule has 6 heteroatoms. The molecule has 24 heavy (non-hydrogen) atoms. The number of aromatic nitrogens is 2. The van der Waals surface area contributed by atoms with Crippen LogP contribution < -0.4 is 10.1 Å². The molecule has 1 amide bonds. The van der Waals surface area contributed by atoms with Crippen molar-refractivity contribution in [1.82, 2.24) is 14.7 Å². The Labute approximate surface area is 138 Å². The number of hydrogen-bond acceptors (Lipinski definition) is 3. The maximum atomic E-state index is 13.6. The lowest BCUT2D eigenvalue weighted by molar-refractivity contribution is 0.0946. The van der Waals surface area contributed by atoms with Gasteiger partial charge in [-0.05, 0) is 43.2 Å². The van der Waals surface area contributed by atoms with Crippen molar-refractivity contribution in [2.45, 2.75) is 18.9 Å². The van der Waals surface area contributed by atoms with E-state index in [0.29, 0.717) is 22.7 Å². The van der Waals surface area contributed by atoms with Gasteiger partial charge in [0.2, 0.25) is 0 Å². The fraction of sp³-hybridized carbons (Fsp3) is 0.222. The van der Waals surface area contributed by atoms with Gasteiger partial charge in [-0.15, -0.1) is 0 Å². The molecule has 122 valence electrons. The number of carbonyl (C=O) groups is 1. The summed E-state index contributed by atoms with van der Waals surface area (Å²) in [5.74, 6) is 0.0923. The van der Waals surface area contributed by atoms with Gasteiger partial charge >= 0.3 is 0 Å². The molecule has 3 aromatic rings. The van der Waals surface area contributed by atoms with Gasteiger partial charge < -0.3 is 14.5 Å². The van der Waals surface area contributed by atoms with Crippen LogP contribution in [0.4, 0.5) is 4.39 Å². The van der Waals surface area contributed by atoms with Crippen LogP contribution >= 0.6 is 0 Å². The summed E-state index contributed by atoms with van der Waals surface area (Å²) in [7, 11) is 1.55. The second kappa shape index (κ2) is 5.63. The van der Waals surface area contributed by atoms with Gasteiger partial charge in [-0.25, -0.2) is 9.37 Å². The Bertz CT molecular complexity index is 931. The molecular weight excluding hydrogens is 309 g/mol. The zero-order valence-electron chi connectivity index (χ0n) is 13.1. The van der Waals surface area contributed by atoms with Crippen molar-refractivity contribution in [3.63, 3.8) is 0 Å². The fourth-order valence-electron chi connectivity index (χ4n) is 2.65. The first-order chi connectivity index (χ1) is 11.6. The van der Waals surface area contributed by atoms with Crippen molar-refractivity contribution in [2.24, 2.45) is 0 Å². The molecule has 4 rings (SSSR count). The summed E-state index contributed by atoms with van der Waals surface area (Å²) >= 11 is 0. The van der Waals surface area contributed by atoms with Gasteiger partial charge in [-0.3, -0.25) is 4.79 Å². The van der Waals surface area contributed by atoms with Gasteiger partial charge in [0.05, 0.1) is 7.11 Å². The van der Waals surface area contributed by atoms with Gasteiger partial charge in [-0.2, -0.15) is 0 Å². The lowest BCUT2D eigenvalue weighted by atomic mass is 10.1. The summed E-state index contributed by atoms with van der Waals surface area (Å²) in [6, 6.07) is 8.30. The van der Waals surface area contributed by atoms with E-state index in [2.05, 4.69) is 10.3 Å². The van der Waals surface area contributed by atoms with Crippen molar-refractivity contribution in [1.29, 1.82) is 0 Å². The number of amides is 1. The quantitative estimate of drug-likeness (QED) is 0.802. The first kappa shape index (κ1) is 14.7. The first-order valence-electron chi connectivity index (χ1n) is 7.77. The van der Waals surface area contributed by atoms with Crippen LogP contribution in [0.2, 0.25) is 0 Å². The van der Waals surface area contributed by atoms with Crippen molar-refractivity contribution < 1.29 is 13.9 Å². The summed E-state index contributed by atoms with van der Waals surface area (Å²) < 4.78 is 20.7. The number of nitrogens with one attached hydrogen (secondary N) is 1. The van der Waals surface area contributed by atoms with E-state index in [-0.39, 0.29) is 17.8 Å². The predicted octanol–water partition coefficient (Wildman–Crippen LogP) is 3.04. The van der Waals surface area contributed by atoms with Crippen LogP contribution in [-0.4, -0.2) is 28.4 Å². The molecule has 0 bridgehead atoms. The van der Waals surface area contributed by atoms with E-state index in [9.17, 15) is 9.18 Å². The number of pyridine rings is 1. The second-order valence-electron chi connectivity index (χ2n) is 5.90. The lowest BCUT2D eigenvalue weighted by Crippen LogP contribution is -2.25. The average molecular weight is 325 g/mol. The molecule has 0 aliphatic heterocycles. The zero-order valence-corrected chi connectivity index (χ0v) is 13.1. The molecule has 2 heterocycles. The highest BCUT2D eigenvalue weighted by Crippen LogP contribution is 2.30. The van der Waals surface area contributed by atoms with Gasteiger partial charge in [0, 0.05) is 29.6 Å². The summed E-state index contributed by atoms with van der Waals surface area (Å²) in [5.41, 5.74) is 2.47. The normalized spacial score (nSPS) is 13.9. The number of rotatable bonds is 4. The molecular formula is C18H16FN3O2. The molecule has 1 saturated carbocycles. The van der Waals surface area contributed by atoms with Gasteiger partial charge in [0.15, 0.2) is 0 Å². The minimum absolute atomic E-state index is 0.161. The van der Waals surface area contributed by atoms with E-state index in [1.807, 2.05) is 12.3 Å². The SMILES string of the molecule is COc1ccc(F)cc1-c1ccc2nc(C(=O)NC3CC3)cn2c1. The highest BCUT2D eigenvalue weighted by molar-refractivity contribution is 5.93. The highest BCUT2D eigenvalue weighted by atomic mass is 19.1. The van der Waals surface area contributed by atoms with Crippen LogP contribution in [0.1, 0.15) is 23.3 Å². The minimum Gasteiger partial charge on any atom is -0.496 e. The number of nitrogens with zero attached hydrogens (tertiary/aromatic N) is 2. The molecule has 0 unspecified atom stereocenters. The highest BCUT2D eigenvalue weighted by Gasteiger charge is 2.24. The van der Waals surface area contributed by atoms with Crippen LogP contribution in [0.3, 0.4) is 0 Å². The third-order valence-electron chi connectivity index (χ3n) is 4.07. The Morgan fingerprint density at radius 1 is 1.29 bits per heavy atom. The molecule has 2 aromatic heterocycles. The number of ether oxygens (including phenoxy) is 1. The predicted molar refractivity (Wildman–Crippen MR) is 87.6 cm³/mol. The monoisotopic (exact) mass is 325 g/mol. The fourth-order valence-corrected chi connectivity index (χ4v) is 2.65.